The molecular formula is C21H24N4O6S. The second-order valence-electron chi connectivity index (χ2n) is 6.10. The molecule has 0 bridgehead atoms. The van der Waals surface area contributed by atoms with E-state index in [0.717, 1.165) is 0 Å². The highest BCUT2D eigenvalue weighted by Gasteiger charge is 2.19. The van der Waals surface area contributed by atoms with E-state index in [1.54, 1.807) is 50.2 Å². The Bertz CT molecular complexity index is 984. The summed E-state index contributed by atoms with van der Waals surface area (Å²) in [7, 11) is 0. The van der Waals surface area contributed by atoms with E-state index in [-0.39, 0.29) is 30.8 Å². The van der Waals surface area contributed by atoms with Crippen LogP contribution >= 0.6 is 0 Å². The van der Waals surface area contributed by atoms with Gasteiger partial charge < -0.3 is 24.7 Å². The minimum Gasteiger partial charge on any atom is -0.606 e. The van der Waals surface area contributed by atoms with E-state index in [0.29, 0.717) is 15.5 Å². The van der Waals surface area contributed by atoms with Gasteiger partial charge in [0, 0.05) is 24.2 Å². The second-order valence-corrected chi connectivity index (χ2v) is 7.58. The highest BCUT2D eigenvalue weighted by molar-refractivity contribution is 7.91. The predicted molar refractivity (Wildman–Crippen MR) is 120 cm³/mol. The van der Waals surface area contributed by atoms with E-state index in [1.165, 1.54) is 13.0 Å². The standard InChI is InChI=1S/C21H24N4O6S/c1-4-30-20(27)24-19(25-21(28)31-5-2)23-18-13-16(11-12-17(18)22-14(3)26)32(29)15-9-7-6-8-10-15/h6-13H,4-5H2,1-3H3,(H,22,26)(H2,23,24,25,27,28). The predicted octanol–water partition coefficient (Wildman–Crippen LogP) is 3.48. The van der Waals surface area contributed by atoms with Crippen molar-refractivity contribution in [3.8, 4) is 0 Å². The van der Waals surface area contributed by atoms with E-state index in [1.807, 2.05) is 6.07 Å². The summed E-state index contributed by atoms with van der Waals surface area (Å²) in [4.78, 5) is 40.0. The van der Waals surface area contributed by atoms with Gasteiger partial charge >= 0.3 is 12.2 Å². The Morgan fingerprint density at radius 1 is 0.938 bits per heavy atom. The van der Waals surface area contributed by atoms with E-state index < -0.39 is 23.4 Å². The fourth-order valence-corrected chi connectivity index (χ4v) is 3.54. The zero-order chi connectivity index (χ0) is 23.5. The van der Waals surface area contributed by atoms with Gasteiger partial charge in [0.1, 0.15) is 0 Å². The van der Waals surface area contributed by atoms with Crippen LogP contribution in [0.5, 0.6) is 0 Å². The van der Waals surface area contributed by atoms with Gasteiger partial charge in [-0.3, -0.25) is 10.1 Å². The van der Waals surface area contributed by atoms with Crippen LogP contribution < -0.4 is 16.0 Å². The first-order chi connectivity index (χ1) is 15.3. The lowest BCUT2D eigenvalue weighted by Crippen LogP contribution is -2.37. The third-order valence-corrected chi connectivity index (χ3v) is 5.08. The van der Waals surface area contributed by atoms with Crippen LogP contribution in [-0.4, -0.2) is 41.8 Å². The van der Waals surface area contributed by atoms with Crippen molar-refractivity contribution < 1.29 is 28.4 Å². The van der Waals surface area contributed by atoms with Gasteiger partial charge in [0.25, 0.3) is 0 Å². The molecular weight excluding hydrogens is 436 g/mol. The molecule has 1 unspecified atom stereocenters. The molecule has 2 aromatic rings. The van der Waals surface area contributed by atoms with Gasteiger partial charge in [-0.1, -0.05) is 18.2 Å². The minimum absolute atomic E-state index is 0.0811. The number of ether oxygens (including phenoxy) is 2. The van der Waals surface area contributed by atoms with Crippen LogP contribution in [-0.2, 0) is 25.4 Å². The van der Waals surface area contributed by atoms with Crippen molar-refractivity contribution in [3.05, 3.63) is 48.5 Å². The van der Waals surface area contributed by atoms with Crippen molar-refractivity contribution in [1.29, 1.82) is 0 Å². The van der Waals surface area contributed by atoms with Crippen molar-refractivity contribution in [1.82, 2.24) is 5.32 Å². The van der Waals surface area contributed by atoms with Crippen molar-refractivity contribution in [2.24, 2.45) is 4.99 Å². The zero-order valence-corrected chi connectivity index (χ0v) is 18.7. The number of benzene rings is 2. The molecule has 3 amide bonds. The van der Waals surface area contributed by atoms with Gasteiger partial charge in [0.15, 0.2) is 9.79 Å². The normalized spacial score (nSPS) is 11.8. The van der Waals surface area contributed by atoms with Gasteiger partial charge in [-0.25, -0.2) is 9.59 Å². The van der Waals surface area contributed by atoms with Crippen LogP contribution in [0.4, 0.5) is 21.0 Å². The zero-order valence-electron chi connectivity index (χ0n) is 17.8. The number of alkyl carbamates (subject to hydrolysis) is 1. The van der Waals surface area contributed by atoms with E-state index in [2.05, 4.69) is 20.9 Å². The quantitative estimate of drug-likeness (QED) is 0.340. The molecule has 11 heteroatoms. The summed E-state index contributed by atoms with van der Waals surface area (Å²) >= 11 is -1.52. The van der Waals surface area contributed by atoms with E-state index in [9.17, 15) is 18.9 Å². The number of carbonyl (C=O) groups is 3. The highest BCUT2D eigenvalue weighted by Crippen LogP contribution is 2.29. The maximum absolute atomic E-state index is 12.9. The largest absolute Gasteiger partial charge is 0.606 e. The van der Waals surface area contributed by atoms with Crippen LogP contribution in [0.15, 0.2) is 63.3 Å². The van der Waals surface area contributed by atoms with Crippen LogP contribution in [0.2, 0.25) is 0 Å². The molecule has 0 fully saturated rings. The summed E-state index contributed by atoms with van der Waals surface area (Å²) in [6, 6.07) is 13.5. The Kier molecular flexibility index (Phi) is 9.51. The number of nitrogens with one attached hydrogen (secondary N) is 3. The fraction of sp³-hybridized carbons (Fsp3) is 0.238. The molecule has 2 aromatic carbocycles. The van der Waals surface area contributed by atoms with Gasteiger partial charge in [-0.05, 0) is 38.1 Å². The van der Waals surface area contributed by atoms with Crippen LogP contribution in [0.25, 0.3) is 0 Å². The number of nitrogens with zero attached hydrogens (tertiary/aromatic N) is 1. The number of amides is 3. The maximum atomic E-state index is 12.9. The molecule has 0 saturated heterocycles. The van der Waals surface area contributed by atoms with Gasteiger partial charge in [0.05, 0.1) is 24.6 Å². The molecule has 0 aliphatic rings. The molecule has 0 aliphatic heterocycles. The van der Waals surface area contributed by atoms with Crippen LogP contribution in [0.1, 0.15) is 20.8 Å². The lowest BCUT2D eigenvalue weighted by atomic mass is 10.2. The second kappa shape index (κ2) is 12.3. The SMILES string of the molecule is CCOC(=O)/N=C(/NC(=O)OCC)Nc1cc([S+]([O-])c2ccccc2)ccc1NC(C)=O. The van der Waals surface area contributed by atoms with E-state index in [4.69, 9.17) is 9.47 Å². The smallest absolute Gasteiger partial charge is 0.436 e. The Balaban J connectivity index is 2.43. The molecule has 10 nitrogen and oxygen atoms in total. The molecule has 0 radical (unpaired) electrons. The summed E-state index contributed by atoms with van der Waals surface area (Å²) in [6.45, 7) is 4.73. The Labute approximate surface area is 188 Å². The van der Waals surface area contributed by atoms with Gasteiger partial charge in [-0.2, -0.15) is 0 Å². The number of guanidine groups is 1. The van der Waals surface area contributed by atoms with Crippen LogP contribution in [0, 0.1) is 0 Å². The molecule has 1 atom stereocenters. The lowest BCUT2D eigenvalue weighted by Gasteiger charge is -2.17. The molecule has 0 saturated carbocycles. The molecule has 3 N–H and O–H groups in total. The topological polar surface area (TPSA) is 141 Å². The molecule has 0 aromatic heterocycles. The third-order valence-electron chi connectivity index (χ3n) is 3.69. The summed E-state index contributed by atoms with van der Waals surface area (Å²) < 4.78 is 22.6. The lowest BCUT2D eigenvalue weighted by molar-refractivity contribution is -0.114. The number of hydrogen-bond donors (Lipinski definition) is 3. The Morgan fingerprint density at radius 3 is 2.25 bits per heavy atom. The molecule has 0 aliphatic carbocycles. The Hall–Kier alpha value is -3.57. The number of anilines is 2. The maximum Gasteiger partial charge on any atom is 0.436 e. The molecule has 0 spiro atoms. The van der Waals surface area contributed by atoms with Gasteiger partial charge in [0.2, 0.25) is 11.9 Å². The first-order valence-corrected chi connectivity index (χ1v) is 10.8. The molecule has 170 valence electrons. The average molecular weight is 461 g/mol. The molecule has 2 rings (SSSR count). The van der Waals surface area contributed by atoms with Crippen molar-refractivity contribution in [2.45, 2.75) is 30.6 Å². The third kappa shape index (κ3) is 7.60. The van der Waals surface area contributed by atoms with Crippen molar-refractivity contribution in [3.63, 3.8) is 0 Å². The highest BCUT2D eigenvalue weighted by atomic mass is 32.2. The summed E-state index contributed by atoms with van der Waals surface area (Å²) in [6.07, 6.45) is -1.80. The first kappa shape index (κ1) is 24.7. The van der Waals surface area contributed by atoms with Gasteiger partial charge in [-0.15, -0.1) is 4.99 Å². The summed E-state index contributed by atoms with van der Waals surface area (Å²) in [5, 5.41) is 7.70. The number of hydrogen-bond acceptors (Lipinski definition) is 6. The number of rotatable bonds is 6. The molecule has 0 heterocycles. The first-order valence-electron chi connectivity index (χ1n) is 9.68. The molecule has 32 heavy (non-hydrogen) atoms. The summed E-state index contributed by atoms with van der Waals surface area (Å²) in [5.41, 5.74) is 0.551. The van der Waals surface area contributed by atoms with Crippen molar-refractivity contribution in [2.75, 3.05) is 23.8 Å². The van der Waals surface area contributed by atoms with E-state index >= 15 is 0 Å². The van der Waals surface area contributed by atoms with Crippen molar-refractivity contribution >= 4 is 46.6 Å². The fourth-order valence-electron chi connectivity index (χ4n) is 2.45. The minimum atomic E-state index is -1.52. The summed E-state index contributed by atoms with van der Waals surface area (Å²) in [5.74, 6) is -0.650. The van der Waals surface area contributed by atoms with Crippen LogP contribution in [0.3, 0.4) is 0 Å². The number of carbonyl (C=O) groups excluding carboxylic acids is 3. The average Bonchev–Trinajstić information content (AvgIpc) is 2.75. The number of aliphatic imine (C=N–C) groups is 1. The monoisotopic (exact) mass is 460 g/mol. The Morgan fingerprint density at radius 2 is 1.62 bits per heavy atom.